The van der Waals surface area contributed by atoms with Crippen LogP contribution in [0.25, 0.3) is 0 Å². The Morgan fingerprint density at radius 1 is 1.30 bits per heavy atom. The second-order valence-corrected chi connectivity index (χ2v) is 4.66. The van der Waals surface area contributed by atoms with Crippen LogP contribution in [0.2, 0.25) is 0 Å². The van der Waals surface area contributed by atoms with Crippen LogP contribution in [0.15, 0.2) is 18.2 Å². The van der Waals surface area contributed by atoms with Crippen LogP contribution in [0.5, 0.6) is 0 Å². The van der Waals surface area contributed by atoms with Crippen molar-refractivity contribution in [1.82, 2.24) is 4.90 Å². The Bertz CT molecular complexity index is 462. The van der Waals surface area contributed by atoms with Gasteiger partial charge in [-0.25, -0.2) is 0 Å². The third-order valence-electron chi connectivity index (χ3n) is 3.42. The second kappa shape index (κ2) is 7.14. The molecular weight excluding hydrogens is 254 g/mol. The van der Waals surface area contributed by atoms with E-state index in [-0.39, 0.29) is 5.91 Å². The molecule has 1 aliphatic heterocycles. The zero-order valence-corrected chi connectivity index (χ0v) is 12.2. The molecule has 2 N–H and O–H groups in total. The number of ether oxygens (including phenoxy) is 1. The lowest BCUT2D eigenvalue weighted by molar-refractivity contribution is 0.0670. The Kier molecular flexibility index (Phi) is 5.24. The predicted octanol–water partition coefficient (Wildman–Crippen LogP) is 2.02. The molecule has 2 rings (SSSR count). The van der Waals surface area contributed by atoms with E-state index in [1.54, 1.807) is 0 Å². The van der Waals surface area contributed by atoms with Crippen molar-refractivity contribution in [3.05, 3.63) is 23.8 Å². The largest absolute Gasteiger partial charge is 0.382 e. The molecule has 1 heterocycles. The average molecular weight is 277 g/mol. The van der Waals surface area contributed by atoms with Crippen molar-refractivity contribution in [1.29, 1.82) is 0 Å². The zero-order chi connectivity index (χ0) is 14.4. The minimum absolute atomic E-state index is 0.0558. The summed E-state index contributed by atoms with van der Waals surface area (Å²) < 4.78 is 5.34. The summed E-state index contributed by atoms with van der Waals surface area (Å²) in [6.45, 7) is 8.24. The molecule has 0 bridgehead atoms. The Morgan fingerprint density at radius 2 is 2.10 bits per heavy atom. The van der Waals surface area contributed by atoms with Gasteiger partial charge in [-0.3, -0.25) is 4.79 Å². The summed E-state index contributed by atoms with van der Waals surface area (Å²) in [5, 5.41) is 6.63. The van der Waals surface area contributed by atoms with Gasteiger partial charge in [0.05, 0.1) is 23.5 Å². The number of nitrogens with one attached hydrogen (secondary N) is 2. The quantitative estimate of drug-likeness (QED) is 0.781. The smallest absolute Gasteiger partial charge is 0.256 e. The molecule has 5 heteroatoms. The lowest BCUT2D eigenvalue weighted by Crippen LogP contribution is -2.35. The van der Waals surface area contributed by atoms with Crippen molar-refractivity contribution in [2.45, 2.75) is 13.8 Å². The van der Waals surface area contributed by atoms with Gasteiger partial charge < -0.3 is 20.3 Å². The summed E-state index contributed by atoms with van der Waals surface area (Å²) in [4.78, 5) is 14.5. The molecule has 0 saturated heterocycles. The van der Waals surface area contributed by atoms with Crippen molar-refractivity contribution < 1.29 is 9.53 Å². The van der Waals surface area contributed by atoms with Gasteiger partial charge in [-0.1, -0.05) is 6.07 Å². The fourth-order valence-electron chi connectivity index (χ4n) is 2.35. The number of benzene rings is 1. The topological polar surface area (TPSA) is 53.6 Å². The zero-order valence-electron chi connectivity index (χ0n) is 12.2. The van der Waals surface area contributed by atoms with Crippen LogP contribution in [-0.4, -0.2) is 50.2 Å². The van der Waals surface area contributed by atoms with Crippen LogP contribution in [0.3, 0.4) is 0 Å². The number of rotatable bonds is 6. The lowest BCUT2D eigenvalue weighted by Gasteiger charge is -2.26. The van der Waals surface area contributed by atoms with Crippen molar-refractivity contribution in [3.8, 4) is 0 Å². The number of hydrogen-bond acceptors (Lipinski definition) is 4. The molecule has 0 aliphatic carbocycles. The first-order chi connectivity index (χ1) is 9.77. The summed E-state index contributed by atoms with van der Waals surface area (Å²) in [5.41, 5.74) is 2.65. The summed E-state index contributed by atoms with van der Waals surface area (Å²) in [6, 6.07) is 5.79. The summed E-state index contributed by atoms with van der Waals surface area (Å²) in [7, 11) is 0. The third-order valence-corrected chi connectivity index (χ3v) is 3.42. The van der Waals surface area contributed by atoms with Crippen LogP contribution in [0.4, 0.5) is 11.4 Å². The number of anilines is 2. The number of carbonyl (C=O) groups is 1. The van der Waals surface area contributed by atoms with Gasteiger partial charge in [0, 0.05) is 32.8 Å². The highest BCUT2D eigenvalue weighted by molar-refractivity contribution is 6.02. The van der Waals surface area contributed by atoms with Gasteiger partial charge in [-0.15, -0.1) is 0 Å². The predicted molar refractivity (Wildman–Crippen MR) is 81.5 cm³/mol. The first kappa shape index (κ1) is 14.7. The van der Waals surface area contributed by atoms with Gasteiger partial charge in [0.15, 0.2) is 0 Å². The van der Waals surface area contributed by atoms with Gasteiger partial charge in [-0.2, -0.15) is 0 Å². The van der Waals surface area contributed by atoms with E-state index in [2.05, 4.69) is 10.6 Å². The molecule has 0 atom stereocenters. The van der Waals surface area contributed by atoms with E-state index >= 15 is 0 Å². The Labute approximate surface area is 120 Å². The highest BCUT2D eigenvalue weighted by atomic mass is 16.5. The van der Waals surface area contributed by atoms with E-state index < -0.39 is 0 Å². The molecule has 0 unspecified atom stereocenters. The fourth-order valence-corrected chi connectivity index (χ4v) is 2.35. The van der Waals surface area contributed by atoms with E-state index in [1.165, 1.54) is 0 Å². The molecule has 5 nitrogen and oxygen atoms in total. The van der Waals surface area contributed by atoms with E-state index in [9.17, 15) is 4.79 Å². The van der Waals surface area contributed by atoms with Gasteiger partial charge in [0.1, 0.15) is 0 Å². The van der Waals surface area contributed by atoms with Gasteiger partial charge >= 0.3 is 0 Å². The molecule has 1 aromatic carbocycles. The van der Waals surface area contributed by atoms with E-state index in [1.807, 2.05) is 36.9 Å². The highest BCUT2D eigenvalue weighted by Gasteiger charge is 2.20. The average Bonchev–Trinajstić information content (AvgIpc) is 2.50. The van der Waals surface area contributed by atoms with E-state index in [0.717, 1.165) is 30.0 Å². The van der Waals surface area contributed by atoms with Crippen LogP contribution in [-0.2, 0) is 4.74 Å². The monoisotopic (exact) mass is 277 g/mol. The third kappa shape index (κ3) is 3.22. The summed E-state index contributed by atoms with van der Waals surface area (Å²) in [5.74, 6) is 0.0558. The number of amides is 1. The minimum Gasteiger partial charge on any atom is -0.382 e. The number of fused-ring (bicyclic) bond motifs is 1. The van der Waals surface area contributed by atoms with Gasteiger partial charge in [-0.05, 0) is 26.0 Å². The number of likely N-dealkylation sites (N-methyl/N-ethyl adjacent to an activating group) is 1. The van der Waals surface area contributed by atoms with Crippen molar-refractivity contribution in [3.63, 3.8) is 0 Å². The van der Waals surface area contributed by atoms with Crippen molar-refractivity contribution >= 4 is 17.3 Å². The number of nitrogens with zero attached hydrogens (tertiary/aromatic N) is 1. The van der Waals surface area contributed by atoms with Crippen LogP contribution >= 0.6 is 0 Å². The summed E-state index contributed by atoms with van der Waals surface area (Å²) >= 11 is 0. The highest BCUT2D eigenvalue weighted by Crippen LogP contribution is 2.29. The Morgan fingerprint density at radius 3 is 2.85 bits per heavy atom. The lowest BCUT2D eigenvalue weighted by atomic mass is 10.1. The fraction of sp³-hybridized carbons (Fsp3) is 0.533. The molecule has 0 aromatic heterocycles. The van der Waals surface area contributed by atoms with Gasteiger partial charge in [0.2, 0.25) is 0 Å². The SMILES string of the molecule is CCOCCN(CC)C(=O)c1cccc2c1NCCN2. The number of hydrogen-bond donors (Lipinski definition) is 2. The Balaban J connectivity index is 2.15. The molecule has 1 aromatic rings. The normalized spacial score (nSPS) is 13.1. The second-order valence-electron chi connectivity index (χ2n) is 4.66. The van der Waals surface area contributed by atoms with Gasteiger partial charge in [0.25, 0.3) is 5.91 Å². The molecule has 20 heavy (non-hydrogen) atoms. The van der Waals surface area contributed by atoms with Crippen LogP contribution < -0.4 is 10.6 Å². The molecule has 110 valence electrons. The first-order valence-electron chi connectivity index (χ1n) is 7.25. The standard InChI is InChI=1S/C15H23N3O2/c1-3-18(10-11-20-4-2)15(19)12-6-5-7-13-14(12)17-9-8-16-13/h5-7,16-17H,3-4,8-11H2,1-2H3. The van der Waals surface area contributed by atoms with Crippen LogP contribution in [0, 0.1) is 0 Å². The number of para-hydroxylation sites is 1. The maximum Gasteiger partial charge on any atom is 0.256 e. The van der Waals surface area contributed by atoms with Crippen LogP contribution in [0.1, 0.15) is 24.2 Å². The first-order valence-corrected chi connectivity index (χ1v) is 7.25. The molecular formula is C15H23N3O2. The molecule has 0 spiro atoms. The van der Waals surface area contributed by atoms with E-state index in [0.29, 0.717) is 26.3 Å². The minimum atomic E-state index is 0.0558. The van der Waals surface area contributed by atoms with Crippen molar-refractivity contribution in [2.24, 2.45) is 0 Å². The molecule has 0 radical (unpaired) electrons. The molecule has 0 saturated carbocycles. The molecule has 1 aliphatic rings. The molecule has 1 amide bonds. The summed E-state index contributed by atoms with van der Waals surface area (Å²) in [6.07, 6.45) is 0. The Hall–Kier alpha value is -1.75. The maximum absolute atomic E-state index is 12.6. The van der Waals surface area contributed by atoms with E-state index in [4.69, 9.17) is 4.74 Å². The number of carbonyl (C=O) groups excluding carboxylic acids is 1. The molecule has 0 fully saturated rings. The van der Waals surface area contributed by atoms with Crippen molar-refractivity contribution in [2.75, 3.05) is 50.0 Å². The maximum atomic E-state index is 12.6.